The highest BCUT2D eigenvalue weighted by atomic mass is 16.2. The summed E-state index contributed by atoms with van der Waals surface area (Å²) in [7, 11) is 1.96. The van der Waals surface area contributed by atoms with Gasteiger partial charge in [-0.3, -0.25) is 14.3 Å². The summed E-state index contributed by atoms with van der Waals surface area (Å²) in [6.07, 6.45) is 10.2. The number of hydrogen-bond donors (Lipinski definition) is 2. The van der Waals surface area contributed by atoms with Crippen LogP contribution in [-0.4, -0.2) is 51.1 Å². The molecule has 8 heteroatoms. The fourth-order valence-electron chi connectivity index (χ4n) is 4.60. The molecular formula is C22H24N6O2. The maximum absolute atomic E-state index is 12.7. The summed E-state index contributed by atoms with van der Waals surface area (Å²) in [5.74, 6) is 1.41. The van der Waals surface area contributed by atoms with Crippen molar-refractivity contribution >= 4 is 29.3 Å². The van der Waals surface area contributed by atoms with E-state index in [2.05, 4.69) is 26.8 Å². The van der Waals surface area contributed by atoms with Crippen molar-refractivity contribution in [2.24, 2.45) is 18.9 Å². The quantitative estimate of drug-likeness (QED) is 0.755. The van der Waals surface area contributed by atoms with Crippen molar-refractivity contribution in [1.29, 1.82) is 0 Å². The third kappa shape index (κ3) is 3.54. The molecule has 2 aromatic rings. The molecule has 3 aliphatic rings. The van der Waals surface area contributed by atoms with Gasteiger partial charge in [-0.15, -0.1) is 0 Å². The van der Waals surface area contributed by atoms with Crippen LogP contribution < -0.4 is 10.6 Å². The molecule has 0 radical (unpaired) electrons. The first-order valence-electron chi connectivity index (χ1n) is 10.2. The Kier molecular flexibility index (Phi) is 4.71. The zero-order valence-corrected chi connectivity index (χ0v) is 16.8. The molecule has 0 saturated carbocycles. The number of anilines is 1. The monoisotopic (exact) mass is 404 g/mol. The zero-order chi connectivity index (χ0) is 20.7. The largest absolute Gasteiger partial charge is 0.338 e. The Hall–Kier alpha value is -3.26. The summed E-state index contributed by atoms with van der Waals surface area (Å²) in [4.78, 5) is 30.6. The molecule has 2 unspecified atom stereocenters. The number of aryl methyl sites for hydroxylation is 1. The Bertz CT molecular complexity index is 1070. The van der Waals surface area contributed by atoms with Crippen molar-refractivity contribution in [2.45, 2.75) is 13.0 Å². The molecule has 0 spiro atoms. The van der Waals surface area contributed by atoms with E-state index in [0.29, 0.717) is 24.2 Å². The fourth-order valence-corrected chi connectivity index (χ4v) is 4.60. The summed E-state index contributed by atoms with van der Waals surface area (Å²) < 4.78 is 1.91. The van der Waals surface area contributed by atoms with Crippen LogP contribution in [0.15, 0.2) is 36.7 Å². The number of pyridine rings is 1. The van der Waals surface area contributed by atoms with Crippen molar-refractivity contribution in [3.05, 3.63) is 53.5 Å². The maximum Gasteiger partial charge on any atom is 0.246 e. The van der Waals surface area contributed by atoms with Gasteiger partial charge in [0.25, 0.3) is 0 Å². The number of aromatic nitrogens is 3. The lowest BCUT2D eigenvalue weighted by molar-refractivity contribution is -0.125. The molecule has 2 aliphatic heterocycles. The highest BCUT2D eigenvalue weighted by Crippen LogP contribution is 2.40. The van der Waals surface area contributed by atoms with Gasteiger partial charge in [-0.2, -0.15) is 5.10 Å². The number of carbonyl (C=O) groups is 2. The Morgan fingerprint density at radius 2 is 2.20 bits per heavy atom. The average Bonchev–Trinajstić information content (AvgIpc) is 3.38. The van der Waals surface area contributed by atoms with Crippen LogP contribution in [0, 0.1) is 11.8 Å². The number of nitrogens with zero attached hydrogens (tertiary/aromatic N) is 4. The highest BCUT2D eigenvalue weighted by Gasteiger charge is 2.38. The van der Waals surface area contributed by atoms with Crippen LogP contribution in [0.2, 0.25) is 0 Å². The molecule has 2 N–H and O–H groups in total. The predicted molar refractivity (Wildman–Crippen MR) is 113 cm³/mol. The molecule has 1 fully saturated rings. The van der Waals surface area contributed by atoms with Gasteiger partial charge in [-0.1, -0.05) is 6.08 Å². The second kappa shape index (κ2) is 7.53. The van der Waals surface area contributed by atoms with Crippen LogP contribution in [0.4, 0.5) is 5.82 Å². The van der Waals surface area contributed by atoms with Crippen LogP contribution in [0.3, 0.4) is 0 Å². The molecule has 0 aromatic carbocycles. The second-order valence-corrected chi connectivity index (χ2v) is 8.16. The number of hydrogen-bond acceptors (Lipinski definition) is 5. The van der Waals surface area contributed by atoms with E-state index in [1.54, 1.807) is 18.3 Å². The molecule has 4 heterocycles. The molecular weight excluding hydrogens is 380 g/mol. The molecule has 154 valence electrons. The van der Waals surface area contributed by atoms with Crippen LogP contribution in [0.25, 0.3) is 11.6 Å². The third-order valence-corrected chi connectivity index (χ3v) is 6.12. The van der Waals surface area contributed by atoms with Crippen molar-refractivity contribution < 1.29 is 9.59 Å². The lowest BCUT2D eigenvalue weighted by Crippen LogP contribution is -2.27. The van der Waals surface area contributed by atoms with E-state index in [1.165, 1.54) is 11.3 Å². The van der Waals surface area contributed by atoms with Gasteiger partial charge in [0.15, 0.2) is 0 Å². The topological polar surface area (TPSA) is 92.2 Å². The molecule has 30 heavy (non-hydrogen) atoms. The number of nitrogens with one attached hydrogen (secondary N) is 2. The summed E-state index contributed by atoms with van der Waals surface area (Å²) in [6.45, 7) is 2.38. The Morgan fingerprint density at radius 1 is 1.30 bits per heavy atom. The maximum atomic E-state index is 12.7. The van der Waals surface area contributed by atoms with Gasteiger partial charge in [0.1, 0.15) is 5.82 Å². The molecule has 2 atom stereocenters. The number of carbonyl (C=O) groups excluding carboxylic acids is 2. The van der Waals surface area contributed by atoms with Crippen molar-refractivity contribution in [3.8, 4) is 0 Å². The molecule has 5 rings (SSSR count). The smallest absolute Gasteiger partial charge is 0.246 e. The van der Waals surface area contributed by atoms with Gasteiger partial charge in [-0.25, -0.2) is 4.98 Å². The first-order valence-corrected chi connectivity index (χ1v) is 10.2. The molecule has 1 saturated heterocycles. The minimum Gasteiger partial charge on any atom is -0.338 e. The van der Waals surface area contributed by atoms with Gasteiger partial charge in [0, 0.05) is 50.7 Å². The van der Waals surface area contributed by atoms with Crippen molar-refractivity contribution in [2.75, 3.05) is 25.0 Å². The standard InChI is InChI=1S/C22H24N6O2/c1-27-19(4-5-25-27)15-7-17-12-28(13-18(17)8-15)21(30)3-2-14-6-16-10-23-11-20(29)26-22(16)24-9-14/h2-7,9,17-18,23H,8,10-13H2,1H3,(H,24,26,29). The number of amides is 2. The third-order valence-electron chi connectivity index (χ3n) is 6.12. The number of likely N-dealkylation sites (tertiary alicyclic amines) is 1. The van der Waals surface area contributed by atoms with E-state index in [1.807, 2.05) is 35.0 Å². The van der Waals surface area contributed by atoms with E-state index in [4.69, 9.17) is 0 Å². The van der Waals surface area contributed by atoms with Gasteiger partial charge >= 0.3 is 0 Å². The Morgan fingerprint density at radius 3 is 3.00 bits per heavy atom. The molecule has 2 aromatic heterocycles. The van der Waals surface area contributed by atoms with Crippen molar-refractivity contribution in [1.82, 2.24) is 25.0 Å². The Labute approximate surface area is 174 Å². The van der Waals surface area contributed by atoms with E-state index in [9.17, 15) is 9.59 Å². The van der Waals surface area contributed by atoms with Gasteiger partial charge < -0.3 is 15.5 Å². The van der Waals surface area contributed by atoms with Crippen LogP contribution in [0.5, 0.6) is 0 Å². The lowest BCUT2D eigenvalue weighted by Gasteiger charge is -2.15. The van der Waals surface area contributed by atoms with Crippen LogP contribution in [-0.2, 0) is 23.2 Å². The SMILES string of the molecule is Cn1nccc1C1=CC2CN(C(=O)C=Cc3cnc4c(c3)CNCC(=O)N4)CC2C1. The van der Waals surface area contributed by atoms with Gasteiger partial charge in [0.05, 0.1) is 12.2 Å². The summed E-state index contributed by atoms with van der Waals surface area (Å²) >= 11 is 0. The summed E-state index contributed by atoms with van der Waals surface area (Å²) in [5.41, 5.74) is 4.27. The first kappa shape index (κ1) is 18.7. The van der Waals surface area contributed by atoms with E-state index in [-0.39, 0.29) is 18.4 Å². The molecule has 2 amide bonds. The number of rotatable bonds is 3. The fraction of sp³-hybridized carbons (Fsp3) is 0.364. The van der Waals surface area contributed by atoms with Crippen LogP contribution in [0.1, 0.15) is 23.2 Å². The van der Waals surface area contributed by atoms with E-state index in [0.717, 1.165) is 30.6 Å². The zero-order valence-electron chi connectivity index (χ0n) is 16.8. The molecule has 8 nitrogen and oxygen atoms in total. The van der Waals surface area contributed by atoms with E-state index >= 15 is 0 Å². The van der Waals surface area contributed by atoms with Gasteiger partial charge in [-0.05, 0) is 47.6 Å². The Balaban J connectivity index is 1.24. The number of fused-ring (bicyclic) bond motifs is 2. The number of allylic oxidation sites excluding steroid dienone is 1. The summed E-state index contributed by atoms with van der Waals surface area (Å²) in [5, 5.41) is 10.1. The normalized spacial score (nSPS) is 23.2. The lowest BCUT2D eigenvalue weighted by atomic mass is 9.99. The average molecular weight is 404 g/mol. The minimum atomic E-state index is -0.0973. The first-order chi connectivity index (χ1) is 14.6. The summed E-state index contributed by atoms with van der Waals surface area (Å²) in [6, 6.07) is 4.00. The second-order valence-electron chi connectivity index (χ2n) is 8.16. The minimum absolute atomic E-state index is 0.0289. The predicted octanol–water partition coefficient (Wildman–Crippen LogP) is 1.43. The van der Waals surface area contributed by atoms with Crippen molar-refractivity contribution in [3.63, 3.8) is 0 Å². The van der Waals surface area contributed by atoms with Gasteiger partial charge in [0.2, 0.25) is 11.8 Å². The van der Waals surface area contributed by atoms with E-state index < -0.39 is 0 Å². The molecule has 1 aliphatic carbocycles. The molecule has 0 bridgehead atoms. The van der Waals surface area contributed by atoms with Crippen LogP contribution >= 0.6 is 0 Å². The highest BCUT2D eigenvalue weighted by molar-refractivity contribution is 5.93.